The zero-order chi connectivity index (χ0) is 20.9. The molecule has 7 heteroatoms. The van der Waals surface area contributed by atoms with Crippen LogP contribution < -0.4 is 0 Å². The van der Waals surface area contributed by atoms with Gasteiger partial charge in [0.2, 0.25) is 6.29 Å². The fourth-order valence-electron chi connectivity index (χ4n) is 3.36. The predicted octanol–water partition coefficient (Wildman–Crippen LogP) is 5.60. The van der Waals surface area contributed by atoms with Crippen molar-refractivity contribution in [1.29, 1.82) is 0 Å². The average molecular weight is 432 g/mol. The first-order chi connectivity index (χ1) is 13.5. The highest BCUT2D eigenvalue weighted by atomic mass is 32.2. The van der Waals surface area contributed by atoms with Gasteiger partial charge in [-0.25, -0.2) is 0 Å². The maximum absolute atomic E-state index is 12.9. The van der Waals surface area contributed by atoms with Gasteiger partial charge in [-0.2, -0.15) is 23.5 Å². The Hall–Kier alpha value is -0.660. The van der Waals surface area contributed by atoms with E-state index < -0.39 is 6.29 Å². The molecule has 0 saturated heterocycles. The van der Waals surface area contributed by atoms with Crippen molar-refractivity contribution < 1.29 is 19.5 Å². The Labute approximate surface area is 179 Å². The number of ether oxygens (including phenoxy) is 1. The summed E-state index contributed by atoms with van der Waals surface area (Å²) in [4.78, 5) is 18.3. The van der Waals surface area contributed by atoms with E-state index in [9.17, 15) is 9.90 Å². The molecule has 3 unspecified atom stereocenters. The molecule has 5 nitrogen and oxygen atoms in total. The number of thioether (sulfide) groups is 2. The Morgan fingerprint density at radius 2 is 2.00 bits per heavy atom. The number of aliphatic hydroxyl groups excluding tert-OH is 1. The third kappa shape index (κ3) is 8.37. The van der Waals surface area contributed by atoms with E-state index in [1.54, 1.807) is 6.92 Å². The molecule has 0 aromatic heterocycles. The number of Topliss-reactive ketones (excluding diaryl/α,β-unsaturated/α-hetero) is 1. The number of aliphatic hydroxyl groups is 1. The maximum Gasteiger partial charge on any atom is 0.223 e. The molecule has 28 heavy (non-hydrogen) atoms. The van der Waals surface area contributed by atoms with E-state index in [0.717, 1.165) is 30.1 Å². The summed E-state index contributed by atoms with van der Waals surface area (Å²) < 4.78 is 5.33. The fourth-order valence-corrected chi connectivity index (χ4v) is 5.51. The Bertz CT molecular complexity index is 536. The van der Waals surface area contributed by atoms with Crippen LogP contribution in [0, 0.1) is 5.92 Å². The van der Waals surface area contributed by atoms with Crippen LogP contribution in [-0.2, 0) is 14.4 Å². The molecule has 0 spiro atoms. The quantitative estimate of drug-likeness (QED) is 0.167. The number of allylic oxidation sites excluding steroid dienone is 2. The van der Waals surface area contributed by atoms with Gasteiger partial charge in [0.1, 0.15) is 5.76 Å². The summed E-state index contributed by atoms with van der Waals surface area (Å²) in [5.41, 5.74) is 0.901. The standard InChI is InChI=1S/C21H37NO4S2/c1-6-10-17(22-26-15(5)25-8-3)21-18(23)13-16(14-19(21)24)20(7-2)28-12-11-27-9-4/h15-16,20,23H,6-14H2,1-5H3. The number of nitrogens with zero attached hydrogens (tertiary/aromatic N) is 1. The van der Waals surface area contributed by atoms with Gasteiger partial charge in [0, 0.05) is 43.1 Å². The van der Waals surface area contributed by atoms with Gasteiger partial charge in [0.15, 0.2) is 5.78 Å². The van der Waals surface area contributed by atoms with Crippen molar-refractivity contribution in [3.05, 3.63) is 11.3 Å². The van der Waals surface area contributed by atoms with E-state index >= 15 is 0 Å². The van der Waals surface area contributed by atoms with E-state index in [1.807, 2.05) is 37.4 Å². The molecule has 1 rings (SSSR count). The zero-order valence-electron chi connectivity index (χ0n) is 18.0. The number of ketones is 1. The van der Waals surface area contributed by atoms with Crippen LogP contribution >= 0.6 is 23.5 Å². The Morgan fingerprint density at radius 1 is 1.25 bits per heavy atom. The number of oxime groups is 1. The van der Waals surface area contributed by atoms with E-state index in [0.29, 0.717) is 42.4 Å². The molecule has 0 bridgehead atoms. The molecule has 3 atom stereocenters. The molecule has 1 aliphatic rings. The molecular formula is C21H37NO4S2. The Kier molecular flexibility index (Phi) is 13.0. The number of carbonyl (C=O) groups excluding carboxylic acids is 1. The van der Waals surface area contributed by atoms with E-state index in [-0.39, 0.29) is 17.5 Å². The second kappa shape index (κ2) is 14.3. The van der Waals surface area contributed by atoms with E-state index in [1.165, 1.54) is 0 Å². The molecule has 0 aliphatic heterocycles. The van der Waals surface area contributed by atoms with Crippen LogP contribution in [0.2, 0.25) is 0 Å². The largest absolute Gasteiger partial charge is 0.511 e. The molecule has 0 aromatic carbocycles. The van der Waals surface area contributed by atoms with Crippen molar-refractivity contribution in [2.45, 2.75) is 78.3 Å². The molecular weight excluding hydrogens is 394 g/mol. The minimum Gasteiger partial charge on any atom is -0.511 e. The van der Waals surface area contributed by atoms with Gasteiger partial charge in [0.05, 0.1) is 11.3 Å². The second-order valence-corrected chi connectivity index (χ2v) is 9.58. The van der Waals surface area contributed by atoms with Crippen LogP contribution in [0.25, 0.3) is 0 Å². The van der Waals surface area contributed by atoms with Gasteiger partial charge >= 0.3 is 0 Å². The predicted molar refractivity (Wildman–Crippen MR) is 121 cm³/mol. The molecule has 162 valence electrons. The minimum absolute atomic E-state index is 0.0180. The highest BCUT2D eigenvalue weighted by Crippen LogP contribution is 2.36. The minimum atomic E-state index is -0.479. The monoisotopic (exact) mass is 431 g/mol. The summed E-state index contributed by atoms with van der Waals surface area (Å²) in [6, 6.07) is 0. The smallest absolute Gasteiger partial charge is 0.223 e. The number of rotatable bonds is 14. The lowest BCUT2D eigenvalue weighted by atomic mass is 9.82. The van der Waals surface area contributed by atoms with Crippen molar-refractivity contribution in [3.8, 4) is 0 Å². The number of hydrogen-bond donors (Lipinski definition) is 1. The summed E-state index contributed by atoms with van der Waals surface area (Å²) in [5.74, 6) is 3.69. The molecule has 0 radical (unpaired) electrons. The summed E-state index contributed by atoms with van der Waals surface area (Å²) in [7, 11) is 0. The van der Waals surface area contributed by atoms with Gasteiger partial charge in [0.25, 0.3) is 0 Å². The van der Waals surface area contributed by atoms with Gasteiger partial charge in [-0.1, -0.05) is 32.3 Å². The Balaban J connectivity index is 2.87. The third-order valence-electron chi connectivity index (χ3n) is 4.65. The summed E-state index contributed by atoms with van der Waals surface area (Å²) in [6.45, 7) is 10.5. The summed E-state index contributed by atoms with van der Waals surface area (Å²) in [5, 5.41) is 15.3. The van der Waals surface area contributed by atoms with Crippen molar-refractivity contribution in [3.63, 3.8) is 0 Å². The SMILES string of the molecule is CCCC(=NOC(C)OCC)C1=C(O)CC(C(CC)SCCSCC)CC1=O. The van der Waals surface area contributed by atoms with Crippen LogP contribution in [0.4, 0.5) is 0 Å². The first kappa shape index (κ1) is 25.4. The summed E-state index contributed by atoms with van der Waals surface area (Å²) in [6.07, 6.45) is 2.95. The average Bonchev–Trinajstić information content (AvgIpc) is 2.65. The molecule has 0 heterocycles. The van der Waals surface area contributed by atoms with Gasteiger partial charge in [-0.15, -0.1) is 0 Å². The first-order valence-corrected chi connectivity index (χ1v) is 12.7. The van der Waals surface area contributed by atoms with Crippen molar-refractivity contribution in [2.24, 2.45) is 11.1 Å². The molecule has 0 amide bonds. The second-order valence-electron chi connectivity index (χ2n) is 6.84. The molecule has 0 fully saturated rings. The van der Waals surface area contributed by atoms with Crippen LogP contribution in [0.5, 0.6) is 0 Å². The van der Waals surface area contributed by atoms with Crippen molar-refractivity contribution in [2.75, 3.05) is 23.9 Å². The van der Waals surface area contributed by atoms with Crippen LogP contribution in [0.3, 0.4) is 0 Å². The van der Waals surface area contributed by atoms with Crippen LogP contribution in [0.1, 0.15) is 66.7 Å². The van der Waals surface area contributed by atoms with Crippen LogP contribution in [0.15, 0.2) is 16.5 Å². The normalized spacial score (nSPS) is 20.4. The first-order valence-electron chi connectivity index (χ1n) is 10.5. The number of carbonyl (C=O) groups is 1. The van der Waals surface area contributed by atoms with E-state index in [4.69, 9.17) is 9.57 Å². The fraction of sp³-hybridized carbons (Fsp3) is 0.810. The zero-order valence-corrected chi connectivity index (χ0v) is 19.7. The molecule has 1 N–H and O–H groups in total. The Morgan fingerprint density at radius 3 is 2.57 bits per heavy atom. The van der Waals surface area contributed by atoms with Crippen molar-refractivity contribution in [1.82, 2.24) is 0 Å². The lowest BCUT2D eigenvalue weighted by molar-refractivity contribution is -0.127. The molecule has 0 aromatic rings. The third-order valence-corrected chi connectivity index (χ3v) is 7.40. The number of hydrogen-bond acceptors (Lipinski definition) is 7. The highest BCUT2D eigenvalue weighted by molar-refractivity contribution is 8.03. The lowest BCUT2D eigenvalue weighted by Gasteiger charge is -2.30. The van der Waals surface area contributed by atoms with Gasteiger partial charge in [-0.3, -0.25) is 4.79 Å². The lowest BCUT2D eigenvalue weighted by Crippen LogP contribution is -2.30. The topological polar surface area (TPSA) is 68.1 Å². The maximum atomic E-state index is 12.9. The van der Waals surface area contributed by atoms with Crippen LogP contribution in [-0.4, -0.2) is 52.0 Å². The van der Waals surface area contributed by atoms with Crippen molar-refractivity contribution >= 4 is 35.0 Å². The molecule has 0 saturated carbocycles. The van der Waals surface area contributed by atoms with Gasteiger partial charge in [-0.05, 0) is 31.4 Å². The summed E-state index contributed by atoms with van der Waals surface area (Å²) >= 11 is 3.88. The van der Waals surface area contributed by atoms with E-state index in [2.05, 4.69) is 19.0 Å². The highest BCUT2D eigenvalue weighted by Gasteiger charge is 2.34. The molecule has 1 aliphatic carbocycles. The van der Waals surface area contributed by atoms with Gasteiger partial charge < -0.3 is 14.7 Å².